The molecule has 16 atom stereocenters. The van der Waals surface area contributed by atoms with Crippen LogP contribution in [0.4, 0.5) is 69.1 Å². The first-order chi connectivity index (χ1) is 65.6. The number of aliphatic hydroxyl groups excluding tert-OH is 5. The van der Waals surface area contributed by atoms with Gasteiger partial charge >= 0.3 is 54.5 Å². The summed E-state index contributed by atoms with van der Waals surface area (Å²) in [5.41, 5.74) is 9.09. The number of aliphatic hydroxyl groups is 5. The minimum absolute atomic E-state index is 0.00563. The molecule has 0 radical (unpaired) electrons. The highest BCUT2D eigenvalue weighted by Crippen LogP contribution is 2.47. The number of nitrogens with one attached hydrogen (secondary N) is 4. The summed E-state index contributed by atoms with van der Waals surface area (Å²) in [7, 11) is 1.00. The summed E-state index contributed by atoms with van der Waals surface area (Å²) in [4.78, 5) is 118. The average molecular weight is 1980 g/mol. The van der Waals surface area contributed by atoms with Gasteiger partial charge in [0.25, 0.3) is 0 Å². The normalized spacial score (nSPS) is 24.9. The SMILES string of the molecule is CC(=O)O[C@H](CCl)CNC(=O)OC(C)(C)C.CC(C)(C)OC(=O)NC[C@H]1CN(c2ccc(C3CCC4OC(C)(C)O[C@H]4C3)c(F)c2)C(=O)O1.CC1(C)OC2CCC(c3ccc(NC(=O)OCc4ccccc4)cc3F)C[C@@H]2O1.CCC(=O)NC[C@H]1CN(c2ccc(C3CCC(O)[C@@H](O)C3)c(F)c2)C(=O)O1.CCC(=O)OC(=O)CC.CO.NC[C@H]1CN(c2ccc(C3CCC(O)[C@@H](O)C3)c(F)c2)C(=O)O1. The number of nitrogens with two attached hydrogens (primary N) is 1. The van der Waals surface area contributed by atoms with E-state index in [2.05, 4.69) is 26.0 Å². The molecule has 0 bridgehead atoms. The molecule has 5 aromatic carbocycles. The Morgan fingerprint density at radius 3 is 1.24 bits per heavy atom. The number of anilines is 4. The Morgan fingerprint density at radius 2 is 0.871 bits per heavy atom. The van der Waals surface area contributed by atoms with E-state index >= 15 is 4.39 Å². The summed E-state index contributed by atoms with van der Waals surface area (Å²) in [5.74, 6) is -4.25. The number of carbonyl (C=O) groups is 10. The van der Waals surface area contributed by atoms with Crippen molar-refractivity contribution in [1.29, 1.82) is 0 Å². The van der Waals surface area contributed by atoms with E-state index in [9.17, 15) is 81.5 Å². The molecular weight excluding hydrogens is 1840 g/mol. The van der Waals surface area contributed by atoms with Crippen LogP contribution in [-0.4, -0.2) is 241 Å². The highest BCUT2D eigenvalue weighted by Gasteiger charge is 2.48. The largest absolute Gasteiger partial charge is 0.459 e. The van der Waals surface area contributed by atoms with E-state index in [0.29, 0.717) is 103 Å². The lowest BCUT2D eigenvalue weighted by Gasteiger charge is -2.30. The summed E-state index contributed by atoms with van der Waals surface area (Å²) < 4.78 is 123. The zero-order valence-corrected chi connectivity index (χ0v) is 82.3. The second-order valence-electron chi connectivity index (χ2n) is 37.7. The van der Waals surface area contributed by atoms with E-state index in [-0.39, 0.29) is 136 Å². The molecule has 5 aliphatic heterocycles. The second-order valence-corrected chi connectivity index (χ2v) is 38.0. The first kappa shape index (κ1) is 114. The first-order valence-corrected chi connectivity index (χ1v) is 47.5. The van der Waals surface area contributed by atoms with Crippen LogP contribution in [0.5, 0.6) is 0 Å². The molecule has 0 spiro atoms. The van der Waals surface area contributed by atoms with Gasteiger partial charge in [0, 0.05) is 45.5 Å². The Morgan fingerprint density at radius 1 is 0.489 bits per heavy atom. The number of amides is 7. The molecule has 40 heteroatoms. The second kappa shape index (κ2) is 52.8. The van der Waals surface area contributed by atoms with Gasteiger partial charge in [0.15, 0.2) is 11.6 Å². The number of esters is 3. The number of ether oxygens (including phenoxy) is 12. The highest BCUT2D eigenvalue weighted by atomic mass is 35.5. The van der Waals surface area contributed by atoms with Crippen molar-refractivity contribution in [2.45, 2.75) is 320 Å². The Balaban J connectivity index is 0.000000210. The molecule has 770 valence electrons. The molecule has 8 unspecified atom stereocenters. The molecule has 5 saturated heterocycles. The van der Waals surface area contributed by atoms with Crippen molar-refractivity contribution in [3.63, 3.8) is 0 Å². The molecule has 4 saturated carbocycles. The Kier molecular flexibility index (Phi) is 43.2. The van der Waals surface area contributed by atoms with Gasteiger partial charge in [0.1, 0.15) is 65.5 Å². The van der Waals surface area contributed by atoms with Crippen molar-refractivity contribution in [2.24, 2.45) is 5.73 Å². The van der Waals surface area contributed by atoms with Crippen molar-refractivity contribution in [2.75, 3.05) is 78.8 Å². The monoisotopic (exact) mass is 1980 g/mol. The Bertz CT molecular complexity index is 4900. The molecule has 0 aromatic heterocycles. The van der Waals surface area contributed by atoms with Crippen molar-refractivity contribution in [1.82, 2.24) is 16.0 Å². The number of hydrogen-bond donors (Lipinski definition) is 10. The molecule has 11 N–H and O–H groups in total. The van der Waals surface area contributed by atoms with Gasteiger partial charge in [-0.3, -0.25) is 39.2 Å². The number of cyclic esters (lactones) is 3. The minimum atomic E-state index is -0.851. The molecule has 14 rings (SSSR count). The standard InChI is InChI=1S/C24H33FN2O6.C23H26FNO4.C19H25FN2O5.C16H21FN2O4.C10H18ClNO4.C6H10O3.CH4O/c1-23(2,3)33-21(28)26-12-16-13-27(22(29)30-16)15-7-8-17(18(25)11-15)14-6-9-19-20(10-14)32-24(4,5)31-19;1-23(2)28-20-11-8-16(12-21(20)29-23)18-10-9-17(13-19(18)24)25-22(26)27-14-15-6-4-3-5-7-15;1-2-18(25)21-9-13-10-22(19(26)27-13)12-4-5-14(15(20)8-12)11-3-6-16(23)17(24)7-11;17-13-6-10(19-8-11(7-18)23-16(19)22)2-3-12(13)9-1-4-14(20)15(21)5-9;1-7(13)15-8(5-11)6-12-9(14)16-10(2,3)4;1-3-5(7)9-6(8)4-2;1-2/h7-8,11,14,16,19-20H,6,9-10,12-13H2,1-5H3,(H,26,28);3-7,9-10,13,16,20-21H,8,11-12,14H2,1-2H3,(H,25,26);4-5,8,11,13,16-17,23-24H,2-3,6-7,9-10H2,1H3,(H,21,25);2-3,6,9,11,14-15,20-21H,1,4-5,7-8,18H2;8H,5-6H2,1-4H3,(H,12,14);3-4H2,1-2H3;2H,1H3/t14?,16-,19?,20-;16?,20?,21-;11?,13-,16?,17-;9?,11-,14?,15-;8-;;/m00001../s1. The van der Waals surface area contributed by atoms with Crippen molar-refractivity contribution >= 4 is 94.7 Å². The molecule has 9 aliphatic rings. The van der Waals surface area contributed by atoms with E-state index in [1.807, 2.05) is 58.0 Å². The number of rotatable bonds is 22. The Hall–Kier alpha value is -10.6. The maximum Gasteiger partial charge on any atom is 0.414 e. The van der Waals surface area contributed by atoms with E-state index in [0.717, 1.165) is 44.8 Å². The molecular formula is C99H137ClF4N8O27. The maximum absolute atomic E-state index is 15.1. The van der Waals surface area contributed by atoms with Crippen molar-refractivity contribution < 1.29 is 148 Å². The number of benzene rings is 5. The lowest BCUT2D eigenvalue weighted by Crippen LogP contribution is -2.38. The van der Waals surface area contributed by atoms with Gasteiger partial charge in [-0.25, -0.2) is 46.3 Å². The number of alkyl halides is 1. The molecule has 7 amide bonds. The number of nitrogens with zero attached hydrogens (tertiary/aromatic N) is 3. The molecule has 35 nitrogen and oxygen atoms in total. The van der Waals surface area contributed by atoms with Gasteiger partial charge in [-0.2, -0.15) is 0 Å². The summed E-state index contributed by atoms with van der Waals surface area (Å²) >= 11 is 5.56. The topological polar surface area (TPSA) is 466 Å². The zero-order valence-electron chi connectivity index (χ0n) is 81.5. The van der Waals surface area contributed by atoms with Crippen LogP contribution in [0.2, 0.25) is 0 Å². The number of carbonyl (C=O) groups excluding carboxylic acids is 10. The molecule has 4 aliphatic carbocycles. The van der Waals surface area contributed by atoms with E-state index in [1.54, 1.807) is 111 Å². The summed E-state index contributed by atoms with van der Waals surface area (Å²) in [6.45, 7) is 26.1. The van der Waals surface area contributed by atoms with Gasteiger partial charge in [0.2, 0.25) is 5.91 Å². The van der Waals surface area contributed by atoms with Gasteiger partial charge in [-0.05, 0) is 246 Å². The molecule has 139 heavy (non-hydrogen) atoms. The number of alkyl carbamates (subject to hydrolysis) is 2. The van der Waals surface area contributed by atoms with Gasteiger partial charge in [-0.1, -0.05) is 75.4 Å². The van der Waals surface area contributed by atoms with E-state index < -0.39 is 132 Å². The zero-order chi connectivity index (χ0) is 103. The van der Waals surface area contributed by atoms with Gasteiger partial charge in [0.05, 0.1) is 111 Å². The third kappa shape index (κ3) is 35.6. The van der Waals surface area contributed by atoms with E-state index in [1.165, 1.54) is 45.9 Å². The molecule has 9 fully saturated rings. The van der Waals surface area contributed by atoms with Crippen LogP contribution in [0.15, 0.2) is 103 Å². The lowest BCUT2D eigenvalue weighted by molar-refractivity contribution is -0.159. The van der Waals surface area contributed by atoms with Gasteiger partial charge < -0.3 is 104 Å². The van der Waals surface area contributed by atoms with Crippen LogP contribution in [0, 0.1) is 23.3 Å². The lowest BCUT2D eigenvalue weighted by atomic mass is 9.81. The fourth-order valence-electron chi connectivity index (χ4n) is 17.0. The quantitative estimate of drug-likeness (QED) is 0.0101. The van der Waals surface area contributed by atoms with Crippen LogP contribution >= 0.6 is 11.6 Å². The number of halogens is 5. The fraction of sp³-hybridized carbons (Fsp3) is 0.596. The average Bonchev–Trinajstić information content (AvgIpc) is 1.62. The van der Waals surface area contributed by atoms with Crippen LogP contribution in [0.25, 0.3) is 0 Å². The third-order valence-corrected chi connectivity index (χ3v) is 24.0. The predicted octanol–water partition coefficient (Wildman–Crippen LogP) is 14.8. The maximum atomic E-state index is 15.1. The summed E-state index contributed by atoms with van der Waals surface area (Å²) in [5, 5.41) is 56.1. The van der Waals surface area contributed by atoms with Crippen LogP contribution in [0.1, 0.15) is 245 Å². The number of hydrogen-bond acceptors (Lipinski definition) is 28. The Labute approximate surface area is 813 Å². The molecule has 5 heterocycles. The first-order valence-electron chi connectivity index (χ1n) is 47.0. The van der Waals surface area contributed by atoms with E-state index in [4.69, 9.17) is 74.5 Å². The van der Waals surface area contributed by atoms with Crippen LogP contribution < -0.4 is 41.7 Å². The smallest absolute Gasteiger partial charge is 0.414 e. The summed E-state index contributed by atoms with van der Waals surface area (Å²) in [6, 6.07) is 28.3. The van der Waals surface area contributed by atoms with Crippen LogP contribution in [0.3, 0.4) is 0 Å². The fourth-order valence-corrected chi connectivity index (χ4v) is 17.2. The van der Waals surface area contributed by atoms with Crippen LogP contribution in [-0.2, 0) is 82.6 Å². The van der Waals surface area contributed by atoms with Gasteiger partial charge in [-0.15, -0.1) is 11.6 Å². The minimum Gasteiger partial charge on any atom is -0.459 e. The summed E-state index contributed by atoms with van der Waals surface area (Å²) in [6.07, 6.45) is -0.0537. The predicted molar refractivity (Wildman–Crippen MR) is 504 cm³/mol. The highest BCUT2D eigenvalue weighted by molar-refractivity contribution is 6.18. The number of fused-ring (bicyclic) bond motifs is 2. The van der Waals surface area contributed by atoms with Crippen molar-refractivity contribution in [3.8, 4) is 0 Å². The molecule has 5 aromatic rings. The van der Waals surface area contributed by atoms with Crippen molar-refractivity contribution in [3.05, 3.63) is 154 Å². The third-order valence-electron chi connectivity index (χ3n) is 23.7.